The van der Waals surface area contributed by atoms with Crippen LogP contribution in [0.3, 0.4) is 0 Å². The van der Waals surface area contributed by atoms with E-state index in [9.17, 15) is 0 Å². The van der Waals surface area contributed by atoms with Gasteiger partial charge in [-0.05, 0) is 65.3 Å². The SMILES string of the molecule is CCCNC(COC(C)(C)C)C1CCOC2(CCCC2)C1. The van der Waals surface area contributed by atoms with Gasteiger partial charge in [-0.25, -0.2) is 0 Å². The highest BCUT2D eigenvalue weighted by atomic mass is 16.5. The molecule has 2 fully saturated rings. The van der Waals surface area contributed by atoms with Crippen LogP contribution >= 0.6 is 0 Å². The summed E-state index contributed by atoms with van der Waals surface area (Å²) in [6.07, 6.45) is 8.81. The summed E-state index contributed by atoms with van der Waals surface area (Å²) in [4.78, 5) is 0. The summed E-state index contributed by atoms with van der Waals surface area (Å²) in [6.45, 7) is 11.5. The lowest BCUT2D eigenvalue weighted by atomic mass is 9.80. The van der Waals surface area contributed by atoms with Gasteiger partial charge >= 0.3 is 0 Å². The maximum Gasteiger partial charge on any atom is 0.0685 e. The van der Waals surface area contributed by atoms with Gasteiger partial charge in [0.1, 0.15) is 0 Å². The second-order valence-electron chi connectivity index (χ2n) is 7.98. The Morgan fingerprint density at radius 3 is 2.62 bits per heavy atom. The highest BCUT2D eigenvalue weighted by molar-refractivity contribution is 4.94. The Kier molecular flexibility index (Phi) is 6.10. The number of nitrogens with one attached hydrogen (secondary N) is 1. The van der Waals surface area contributed by atoms with Gasteiger partial charge < -0.3 is 14.8 Å². The second-order valence-corrected chi connectivity index (χ2v) is 7.98. The average Bonchev–Trinajstić information content (AvgIpc) is 2.85. The topological polar surface area (TPSA) is 30.5 Å². The smallest absolute Gasteiger partial charge is 0.0685 e. The van der Waals surface area contributed by atoms with Crippen molar-refractivity contribution in [3.8, 4) is 0 Å². The average molecular weight is 297 g/mol. The van der Waals surface area contributed by atoms with Crippen LogP contribution in [0.25, 0.3) is 0 Å². The monoisotopic (exact) mass is 297 g/mol. The third kappa shape index (κ3) is 5.22. The Balaban J connectivity index is 1.94. The molecular formula is C18H35NO2. The van der Waals surface area contributed by atoms with Crippen LogP contribution < -0.4 is 5.32 Å². The van der Waals surface area contributed by atoms with Crippen molar-refractivity contribution in [1.82, 2.24) is 5.32 Å². The zero-order valence-corrected chi connectivity index (χ0v) is 14.5. The van der Waals surface area contributed by atoms with Crippen LogP contribution in [0.15, 0.2) is 0 Å². The fourth-order valence-electron chi connectivity index (χ4n) is 3.81. The minimum absolute atomic E-state index is 0.0532. The fraction of sp³-hybridized carbons (Fsp3) is 1.00. The number of hydrogen-bond acceptors (Lipinski definition) is 3. The quantitative estimate of drug-likeness (QED) is 0.806. The molecule has 1 N–H and O–H groups in total. The molecule has 1 spiro atoms. The predicted molar refractivity (Wildman–Crippen MR) is 87.7 cm³/mol. The second kappa shape index (κ2) is 7.43. The van der Waals surface area contributed by atoms with Crippen LogP contribution in [-0.2, 0) is 9.47 Å². The van der Waals surface area contributed by atoms with Gasteiger partial charge in [-0.2, -0.15) is 0 Å². The van der Waals surface area contributed by atoms with E-state index in [-0.39, 0.29) is 11.2 Å². The lowest BCUT2D eigenvalue weighted by Crippen LogP contribution is -2.48. The molecule has 21 heavy (non-hydrogen) atoms. The molecule has 0 radical (unpaired) electrons. The lowest BCUT2D eigenvalue weighted by Gasteiger charge is -2.42. The predicted octanol–water partition coefficient (Wildman–Crippen LogP) is 3.91. The van der Waals surface area contributed by atoms with E-state index in [4.69, 9.17) is 9.47 Å². The van der Waals surface area contributed by atoms with Gasteiger partial charge in [0, 0.05) is 12.6 Å². The molecule has 0 bridgehead atoms. The zero-order chi connectivity index (χ0) is 15.3. The molecule has 3 nitrogen and oxygen atoms in total. The van der Waals surface area contributed by atoms with E-state index in [0.29, 0.717) is 12.0 Å². The first-order valence-electron chi connectivity index (χ1n) is 8.95. The van der Waals surface area contributed by atoms with Crippen LogP contribution in [0.4, 0.5) is 0 Å². The van der Waals surface area contributed by atoms with Crippen LogP contribution in [-0.4, -0.2) is 37.0 Å². The van der Waals surface area contributed by atoms with Crippen molar-refractivity contribution in [2.75, 3.05) is 19.8 Å². The number of hydrogen-bond donors (Lipinski definition) is 1. The van der Waals surface area contributed by atoms with Crippen LogP contribution in [0, 0.1) is 5.92 Å². The minimum atomic E-state index is -0.0532. The molecule has 1 saturated heterocycles. The van der Waals surface area contributed by atoms with Gasteiger partial charge in [0.15, 0.2) is 0 Å². The fourth-order valence-corrected chi connectivity index (χ4v) is 3.81. The largest absolute Gasteiger partial charge is 0.375 e. The molecule has 3 heteroatoms. The van der Waals surface area contributed by atoms with E-state index in [2.05, 4.69) is 33.0 Å². The van der Waals surface area contributed by atoms with Crippen LogP contribution in [0.2, 0.25) is 0 Å². The molecule has 0 amide bonds. The first-order valence-corrected chi connectivity index (χ1v) is 8.95. The maximum atomic E-state index is 6.19. The summed E-state index contributed by atoms with van der Waals surface area (Å²) < 4.78 is 12.3. The highest BCUT2D eigenvalue weighted by Gasteiger charge is 2.42. The molecule has 1 heterocycles. The van der Waals surface area contributed by atoms with E-state index in [1.807, 2.05) is 0 Å². The molecule has 2 atom stereocenters. The molecule has 0 aromatic rings. The summed E-state index contributed by atoms with van der Waals surface area (Å²) in [6, 6.07) is 0.477. The Labute approximate surface area is 131 Å². The summed E-state index contributed by atoms with van der Waals surface area (Å²) in [5.74, 6) is 0.700. The van der Waals surface area contributed by atoms with Gasteiger partial charge in [-0.3, -0.25) is 0 Å². The Hall–Kier alpha value is -0.120. The molecule has 2 rings (SSSR count). The van der Waals surface area contributed by atoms with Crippen molar-refractivity contribution in [3.63, 3.8) is 0 Å². The molecule has 0 aromatic heterocycles. The van der Waals surface area contributed by atoms with Crippen LogP contribution in [0.5, 0.6) is 0 Å². The number of ether oxygens (including phenoxy) is 2. The van der Waals surface area contributed by atoms with E-state index in [1.165, 1.54) is 44.9 Å². The van der Waals surface area contributed by atoms with E-state index >= 15 is 0 Å². The molecule has 1 saturated carbocycles. The van der Waals surface area contributed by atoms with Gasteiger partial charge in [-0.1, -0.05) is 19.8 Å². The van der Waals surface area contributed by atoms with Crippen molar-refractivity contribution in [2.24, 2.45) is 5.92 Å². The van der Waals surface area contributed by atoms with E-state index in [0.717, 1.165) is 19.8 Å². The molecule has 1 aliphatic carbocycles. The standard InChI is InChI=1S/C18H35NO2/c1-5-11-19-16(14-21-17(2,3)4)15-8-12-20-18(13-15)9-6-7-10-18/h15-16,19H,5-14H2,1-4H3. The van der Waals surface area contributed by atoms with E-state index < -0.39 is 0 Å². The van der Waals surface area contributed by atoms with Gasteiger partial charge in [0.2, 0.25) is 0 Å². The molecule has 2 aliphatic rings. The molecule has 1 aliphatic heterocycles. The zero-order valence-electron chi connectivity index (χ0n) is 14.5. The number of rotatable bonds is 6. The van der Waals surface area contributed by atoms with Crippen molar-refractivity contribution in [3.05, 3.63) is 0 Å². The maximum absolute atomic E-state index is 6.19. The minimum Gasteiger partial charge on any atom is -0.375 e. The normalized spacial score (nSPS) is 27.1. The van der Waals surface area contributed by atoms with Crippen molar-refractivity contribution >= 4 is 0 Å². The third-order valence-corrected chi connectivity index (χ3v) is 4.97. The Morgan fingerprint density at radius 2 is 2.00 bits per heavy atom. The van der Waals surface area contributed by atoms with Gasteiger partial charge in [-0.15, -0.1) is 0 Å². The Morgan fingerprint density at radius 1 is 1.29 bits per heavy atom. The van der Waals surface area contributed by atoms with E-state index in [1.54, 1.807) is 0 Å². The van der Waals surface area contributed by atoms with Crippen molar-refractivity contribution in [1.29, 1.82) is 0 Å². The first-order chi connectivity index (χ1) is 9.94. The summed E-state index contributed by atoms with van der Waals surface area (Å²) in [5.41, 5.74) is 0.152. The molecule has 0 aromatic carbocycles. The van der Waals surface area contributed by atoms with Gasteiger partial charge in [0.05, 0.1) is 17.8 Å². The lowest BCUT2D eigenvalue weighted by molar-refractivity contribution is -0.107. The summed E-state index contributed by atoms with van der Waals surface area (Å²) in [7, 11) is 0. The van der Waals surface area contributed by atoms with Crippen molar-refractivity contribution < 1.29 is 9.47 Å². The summed E-state index contributed by atoms with van der Waals surface area (Å²) in [5, 5.41) is 3.74. The van der Waals surface area contributed by atoms with Crippen molar-refractivity contribution in [2.45, 2.75) is 89.9 Å². The Bertz CT molecular complexity index is 305. The highest BCUT2D eigenvalue weighted by Crippen LogP contribution is 2.42. The summed E-state index contributed by atoms with van der Waals surface area (Å²) >= 11 is 0. The third-order valence-electron chi connectivity index (χ3n) is 4.97. The molecular weight excluding hydrogens is 262 g/mol. The molecule has 2 unspecified atom stereocenters. The first kappa shape index (κ1) is 17.2. The van der Waals surface area contributed by atoms with Gasteiger partial charge in [0.25, 0.3) is 0 Å². The molecule has 124 valence electrons. The van der Waals surface area contributed by atoms with Crippen LogP contribution in [0.1, 0.15) is 72.6 Å².